The number of nitrogens with one attached hydrogen (secondary N) is 1. The molecule has 2 aromatic carbocycles. The van der Waals surface area contributed by atoms with Gasteiger partial charge in [0.2, 0.25) is 5.91 Å². The van der Waals surface area contributed by atoms with Gasteiger partial charge in [-0.2, -0.15) is 9.43 Å². The number of nitrogens with zero attached hydrogens (tertiary/aromatic N) is 3. The predicted octanol–water partition coefficient (Wildman–Crippen LogP) is 5.02. The van der Waals surface area contributed by atoms with Gasteiger partial charge in [0.25, 0.3) is 5.91 Å². The summed E-state index contributed by atoms with van der Waals surface area (Å²) < 4.78 is 28.1. The first-order valence-electron chi connectivity index (χ1n) is 14.4. The number of benzene rings is 2. The maximum absolute atomic E-state index is 15.3. The van der Waals surface area contributed by atoms with Crippen LogP contribution in [0.4, 0.5) is 10.1 Å². The number of amides is 2. The highest BCUT2D eigenvalue weighted by molar-refractivity contribution is 7.95. The fourth-order valence-corrected chi connectivity index (χ4v) is 6.82. The van der Waals surface area contributed by atoms with Crippen LogP contribution in [0.5, 0.6) is 0 Å². The molecule has 0 unspecified atom stereocenters. The number of ether oxygens (including phenoxy) is 1. The quantitative estimate of drug-likeness (QED) is 0.167. The Kier molecular flexibility index (Phi) is 10.4. The van der Waals surface area contributed by atoms with Gasteiger partial charge in [-0.25, -0.2) is 9.28 Å². The van der Waals surface area contributed by atoms with E-state index in [0.717, 1.165) is 23.6 Å². The molecule has 44 heavy (non-hydrogen) atoms. The summed E-state index contributed by atoms with van der Waals surface area (Å²) in [7, 11) is 3.13. The van der Waals surface area contributed by atoms with Gasteiger partial charge in [-0.3, -0.25) is 19.1 Å². The number of aliphatic carboxylic acids is 1. The molecule has 11 nitrogen and oxygen atoms in total. The molecule has 0 bridgehead atoms. The lowest BCUT2D eigenvalue weighted by atomic mass is 9.87. The number of fused-ring (bicyclic) bond motifs is 1. The van der Waals surface area contributed by atoms with Crippen molar-refractivity contribution in [1.82, 2.24) is 14.7 Å². The smallest absolute Gasteiger partial charge is 0.306 e. The molecule has 14 heteroatoms. The summed E-state index contributed by atoms with van der Waals surface area (Å²) in [6, 6.07) is 9.44. The molecule has 2 aliphatic rings. The average molecular weight is 649 g/mol. The number of aromatic nitrogens is 2. The molecule has 1 saturated heterocycles. The largest absolute Gasteiger partial charge is 0.481 e. The summed E-state index contributed by atoms with van der Waals surface area (Å²) in [5.41, 5.74) is 1.12. The zero-order valence-corrected chi connectivity index (χ0v) is 25.9. The van der Waals surface area contributed by atoms with Gasteiger partial charge in [-0.1, -0.05) is 29.8 Å². The number of carboxylic acid groups (broad SMARTS) is 1. The van der Waals surface area contributed by atoms with Crippen molar-refractivity contribution in [2.24, 2.45) is 13.0 Å². The Morgan fingerprint density at radius 3 is 2.66 bits per heavy atom. The third-order valence-electron chi connectivity index (χ3n) is 8.19. The molecule has 5 rings (SSSR count). The Morgan fingerprint density at radius 2 is 1.93 bits per heavy atom. The summed E-state index contributed by atoms with van der Waals surface area (Å²) in [5, 5.41) is 16.8. The highest BCUT2D eigenvalue weighted by Gasteiger charge is 2.37. The molecule has 2 fully saturated rings. The molecule has 1 saturated carbocycles. The molecule has 2 amide bonds. The molecule has 1 aliphatic carbocycles. The van der Waals surface area contributed by atoms with E-state index in [0.29, 0.717) is 44.0 Å². The second kappa shape index (κ2) is 14.2. The average Bonchev–Trinajstić information content (AvgIpc) is 3.58. The SMILES string of the molecule is COOS[C@H]1C[C@@H](COC2CCC(C(=O)O)CC2)N(C(=O)Cc2cc(Cl)c(NC(=O)c3nn(C)c4ccccc34)cc2F)C1. The summed E-state index contributed by atoms with van der Waals surface area (Å²) in [5.74, 6) is -2.65. The third-order valence-corrected chi connectivity index (χ3v) is 9.33. The molecule has 0 radical (unpaired) electrons. The van der Waals surface area contributed by atoms with Crippen LogP contribution in [-0.4, -0.2) is 75.2 Å². The van der Waals surface area contributed by atoms with Gasteiger partial charge in [-0.05, 0) is 55.9 Å². The lowest BCUT2D eigenvalue weighted by Gasteiger charge is -2.30. The van der Waals surface area contributed by atoms with Crippen LogP contribution in [-0.2, 0) is 37.0 Å². The van der Waals surface area contributed by atoms with Crippen LogP contribution in [0.2, 0.25) is 5.02 Å². The number of carbonyl (C=O) groups excluding carboxylic acids is 2. The van der Waals surface area contributed by atoms with Crippen LogP contribution >= 0.6 is 23.6 Å². The number of likely N-dealkylation sites (tertiary alicyclic amines) is 1. The van der Waals surface area contributed by atoms with Crippen LogP contribution in [0.1, 0.15) is 48.2 Å². The van der Waals surface area contributed by atoms with Gasteiger partial charge in [0.15, 0.2) is 5.69 Å². The van der Waals surface area contributed by atoms with Gasteiger partial charge in [0.1, 0.15) is 5.82 Å². The van der Waals surface area contributed by atoms with Crippen molar-refractivity contribution in [3.8, 4) is 0 Å². The number of hydrogen-bond acceptors (Lipinski definition) is 8. The molecule has 0 spiro atoms. The molecular formula is C30H34ClFN4O7S. The molecule has 1 aromatic heterocycles. The maximum atomic E-state index is 15.3. The number of hydrogen-bond donors (Lipinski definition) is 2. The number of anilines is 1. The van der Waals surface area contributed by atoms with Crippen LogP contribution in [0, 0.1) is 11.7 Å². The van der Waals surface area contributed by atoms with E-state index in [1.165, 1.54) is 13.2 Å². The van der Waals surface area contributed by atoms with Crippen molar-refractivity contribution in [2.45, 2.75) is 55.9 Å². The lowest BCUT2D eigenvalue weighted by Crippen LogP contribution is -2.40. The van der Waals surface area contributed by atoms with Gasteiger partial charge < -0.3 is 20.1 Å². The standard InChI is InChI=1S/C30H34ClFN4O7S/c1-35-26-6-4-3-5-22(26)28(34-35)29(38)33-25-14-24(32)18(11-23(25)31)12-27(37)36-15-21(44-43-41-2)13-19(36)16-42-20-9-7-17(8-10-20)30(39)40/h3-6,11,14,17,19-21H,7-10,12-13,15-16H2,1-2H3,(H,33,38)(H,39,40)/t17?,19-,20?,21-/m0/s1. The van der Waals surface area contributed by atoms with Crippen LogP contribution < -0.4 is 5.32 Å². The van der Waals surface area contributed by atoms with Crippen LogP contribution in [0.3, 0.4) is 0 Å². The topological polar surface area (TPSA) is 132 Å². The first kappa shape index (κ1) is 32.2. The second-order valence-corrected chi connectivity index (χ2v) is 12.5. The zero-order chi connectivity index (χ0) is 31.4. The van der Waals surface area contributed by atoms with Gasteiger partial charge in [0, 0.05) is 31.0 Å². The summed E-state index contributed by atoms with van der Waals surface area (Å²) in [6.45, 7) is 0.628. The van der Waals surface area contributed by atoms with Gasteiger partial charge >= 0.3 is 5.97 Å². The second-order valence-electron chi connectivity index (χ2n) is 11.1. The maximum Gasteiger partial charge on any atom is 0.306 e. The number of aryl methyl sites for hydroxylation is 1. The van der Waals surface area contributed by atoms with Crippen molar-refractivity contribution in [3.05, 3.63) is 58.5 Å². The Hall–Kier alpha value is -3.23. The van der Waals surface area contributed by atoms with E-state index in [1.807, 2.05) is 12.1 Å². The van der Waals surface area contributed by atoms with E-state index in [1.54, 1.807) is 28.8 Å². The first-order valence-corrected chi connectivity index (χ1v) is 15.5. The van der Waals surface area contributed by atoms with E-state index in [2.05, 4.69) is 10.4 Å². The number of carboxylic acids is 1. The Morgan fingerprint density at radius 1 is 1.18 bits per heavy atom. The van der Waals surface area contributed by atoms with Crippen LogP contribution in [0.25, 0.3) is 10.9 Å². The molecular weight excluding hydrogens is 615 g/mol. The normalized spacial score (nSPS) is 22.0. The first-order chi connectivity index (χ1) is 21.1. The van der Waals surface area contributed by atoms with E-state index >= 15 is 4.39 Å². The summed E-state index contributed by atoms with van der Waals surface area (Å²) in [6.07, 6.45) is 2.67. The fourth-order valence-electron chi connectivity index (χ4n) is 5.87. The Bertz CT molecular complexity index is 1530. The van der Waals surface area contributed by atoms with Crippen molar-refractivity contribution in [3.63, 3.8) is 0 Å². The molecule has 3 aromatic rings. The Balaban J connectivity index is 1.24. The predicted molar refractivity (Wildman–Crippen MR) is 163 cm³/mol. The summed E-state index contributed by atoms with van der Waals surface area (Å²) >= 11 is 7.57. The monoisotopic (exact) mass is 648 g/mol. The third kappa shape index (κ3) is 7.35. The molecule has 2 heterocycles. The van der Waals surface area contributed by atoms with E-state index in [4.69, 9.17) is 25.6 Å². The highest BCUT2D eigenvalue weighted by Crippen LogP contribution is 2.33. The minimum Gasteiger partial charge on any atom is -0.481 e. The van der Waals surface area contributed by atoms with E-state index in [9.17, 15) is 19.5 Å². The molecule has 2 atom stereocenters. The summed E-state index contributed by atoms with van der Waals surface area (Å²) in [4.78, 5) is 44.1. The highest BCUT2D eigenvalue weighted by atomic mass is 35.5. The fraction of sp³-hybridized carbons (Fsp3) is 0.467. The number of rotatable bonds is 11. The molecule has 236 valence electrons. The van der Waals surface area contributed by atoms with Crippen molar-refractivity contribution in [2.75, 3.05) is 25.6 Å². The number of carbonyl (C=O) groups is 3. The number of halogens is 2. The van der Waals surface area contributed by atoms with Crippen molar-refractivity contribution in [1.29, 1.82) is 0 Å². The van der Waals surface area contributed by atoms with Gasteiger partial charge in [-0.15, -0.1) is 0 Å². The van der Waals surface area contributed by atoms with Crippen molar-refractivity contribution >= 4 is 58.0 Å². The zero-order valence-electron chi connectivity index (χ0n) is 24.3. The van der Waals surface area contributed by atoms with Crippen molar-refractivity contribution < 1.29 is 37.8 Å². The Labute approximate surface area is 263 Å². The van der Waals surface area contributed by atoms with Crippen LogP contribution in [0.15, 0.2) is 36.4 Å². The number of para-hydroxylation sites is 1. The van der Waals surface area contributed by atoms with E-state index in [-0.39, 0.29) is 64.2 Å². The molecule has 2 N–H and O–H groups in total. The minimum atomic E-state index is -0.779. The minimum absolute atomic E-state index is 0.0679. The lowest BCUT2D eigenvalue weighted by molar-refractivity contribution is -0.160. The van der Waals surface area contributed by atoms with Gasteiger partial charge in [0.05, 0.1) is 59.7 Å². The molecule has 1 aliphatic heterocycles. The van der Waals surface area contributed by atoms with E-state index < -0.39 is 17.7 Å².